The molecule has 0 amide bonds. The molecule has 0 aromatic carbocycles. The lowest BCUT2D eigenvalue weighted by molar-refractivity contribution is -0.150. The predicted octanol–water partition coefficient (Wildman–Crippen LogP) is 1.17. The van der Waals surface area contributed by atoms with E-state index in [-0.39, 0.29) is 0 Å². The summed E-state index contributed by atoms with van der Waals surface area (Å²) in [6.45, 7) is 2.44. The van der Waals surface area contributed by atoms with Crippen molar-refractivity contribution in [3.8, 4) is 0 Å². The summed E-state index contributed by atoms with van der Waals surface area (Å²) in [5.74, 6) is -0.621. The van der Waals surface area contributed by atoms with E-state index in [4.69, 9.17) is 0 Å². The van der Waals surface area contributed by atoms with Crippen molar-refractivity contribution in [2.75, 3.05) is 33.7 Å². The zero-order valence-electron chi connectivity index (χ0n) is 10.5. The lowest BCUT2D eigenvalue weighted by atomic mass is 9.74. The van der Waals surface area contributed by atoms with Crippen LogP contribution in [0.4, 0.5) is 0 Å². The predicted molar refractivity (Wildman–Crippen MR) is 64.6 cm³/mol. The maximum absolute atomic E-state index is 11.4. The van der Waals surface area contributed by atoms with Crippen molar-refractivity contribution in [1.29, 1.82) is 0 Å². The number of carboxylic acids is 1. The van der Waals surface area contributed by atoms with Crippen LogP contribution in [-0.2, 0) is 4.79 Å². The molecule has 1 fully saturated rings. The Labute approximate surface area is 98.0 Å². The lowest BCUT2D eigenvalue weighted by Gasteiger charge is -2.33. The van der Waals surface area contributed by atoms with Crippen LogP contribution in [0.3, 0.4) is 0 Å². The van der Waals surface area contributed by atoms with Gasteiger partial charge in [0.25, 0.3) is 0 Å². The van der Waals surface area contributed by atoms with E-state index in [1.54, 1.807) is 0 Å². The highest BCUT2D eigenvalue weighted by atomic mass is 16.4. The zero-order chi connectivity index (χ0) is 12.0. The van der Waals surface area contributed by atoms with Gasteiger partial charge in [0, 0.05) is 19.6 Å². The molecule has 1 saturated carbocycles. The number of nitrogens with zero attached hydrogens (tertiary/aromatic N) is 1. The smallest absolute Gasteiger partial charge is 0.310 e. The molecule has 1 aliphatic rings. The highest BCUT2D eigenvalue weighted by Gasteiger charge is 2.38. The summed E-state index contributed by atoms with van der Waals surface area (Å²) in [5.41, 5.74) is -0.495. The molecule has 0 aromatic heterocycles. The SMILES string of the molecule is CN(C)CCNCC1(C(=O)O)CCCCC1. The number of carboxylic acid groups (broad SMARTS) is 1. The van der Waals surface area contributed by atoms with E-state index in [1.165, 1.54) is 6.42 Å². The van der Waals surface area contributed by atoms with Crippen LogP contribution < -0.4 is 5.32 Å². The first kappa shape index (κ1) is 13.5. The standard InChI is InChI=1S/C12H24N2O2/c1-14(2)9-8-13-10-12(11(15)16)6-4-3-5-7-12/h13H,3-10H2,1-2H3,(H,15,16). The highest BCUT2D eigenvalue weighted by molar-refractivity contribution is 5.75. The summed E-state index contributed by atoms with van der Waals surface area (Å²) in [7, 11) is 4.05. The lowest BCUT2D eigenvalue weighted by Crippen LogP contribution is -2.43. The second-order valence-corrected chi connectivity index (χ2v) is 5.13. The van der Waals surface area contributed by atoms with Crippen molar-refractivity contribution in [3.63, 3.8) is 0 Å². The van der Waals surface area contributed by atoms with Crippen LogP contribution in [0.25, 0.3) is 0 Å². The zero-order valence-corrected chi connectivity index (χ0v) is 10.5. The van der Waals surface area contributed by atoms with Crippen molar-refractivity contribution in [2.24, 2.45) is 5.41 Å². The summed E-state index contributed by atoms with van der Waals surface area (Å²) in [6.07, 6.45) is 4.96. The Hall–Kier alpha value is -0.610. The maximum Gasteiger partial charge on any atom is 0.310 e. The second kappa shape index (κ2) is 6.21. The van der Waals surface area contributed by atoms with Gasteiger partial charge >= 0.3 is 5.97 Å². The van der Waals surface area contributed by atoms with Gasteiger partial charge in [0.2, 0.25) is 0 Å². The normalized spacial score (nSPS) is 19.9. The fourth-order valence-corrected chi connectivity index (χ4v) is 2.33. The minimum atomic E-state index is -0.621. The van der Waals surface area contributed by atoms with Gasteiger partial charge in [0.1, 0.15) is 0 Å². The van der Waals surface area contributed by atoms with Gasteiger partial charge in [-0.25, -0.2) is 0 Å². The fourth-order valence-electron chi connectivity index (χ4n) is 2.33. The number of carbonyl (C=O) groups is 1. The van der Waals surface area contributed by atoms with E-state index in [0.29, 0.717) is 6.54 Å². The first-order chi connectivity index (χ1) is 7.57. The molecule has 0 radical (unpaired) electrons. The number of hydrogen-bond acceptors (Lipinski definition) is 3. The molecular weight excluding hydrogens is 204 g/mol. The second-order valence-electron chi connectivity index (χ2n) is 5.13. The third-order valence-corrected chi connectivity index (χ3v) is 3.46. The molecule has 94 valence electrons. The van der Waals surface area contributed by atoms with Crippen molar-refractivity contribution in [1.82, 2.24) is 10.2 Å². The molecule has 1 rings (SSSR count). The average Bonchev–Trinajstić information content (AvgIpc) is 2.25. The van der Waals surface area contributed by atoms with Gasteiger partial charge in [0.05, 0.1) is 5.41 Å². The molecule has 0 aliphatic heterocycles. The van der Waals surface area contributed by atoms with Gasteiger partial charge in [-0.2, -0.15) is 0 Å². The van der Waals surface area contributed by atoms with Gasteiger partial charge in [-0.1, -0.05) is 19.3 Å². The molecule has 0 atom stereocenters. The van der Waals surface area contributed by atoms with E-state index < -0.39 is 11.4 Å². The van der Waals surface area contributed by atoms with Gasteiger partial charge < -0.3 is 15.3 Å². The first-order valence-corrected chi connectivity index (χ1v) is 6.16. The molecule has 4 heteroatoms. The Kier molecular flexibility index (Phi) is 5.22. The number of aliphatic carboxylic acids is 1. The number of hydrogen-bond donors (Lipinski definition) is 2. The molecule has 1 aliphatic carbocycles. The van der Waals surface area contributed by atoms with Gasteiger partial charge in [-0.3, -0.25) is 4.79 Å². The van der Waals surface area contributed by atoms with Crippen molar-refractivity contribution >= 4 is 5.97 Å². The highest BCUT2D eigenvalue weighted by Crippen LogP contribution is 2.35. The average molecular weight is 228 g/mol. The topological polar surface area (TPSA) is 52.6 Å². The molecular formula is C12H24N2O2. The Bertz CT molecular complexity index is 223. The molecule has 0 unspecified atom stereocenters. The molecule has 0 aromatic rings. The fraction of sp³-hybridized carbons (Fsp3) is 0.917. The summed E-state index contributed by atoms with van der Waals surface area (Å²) < 4.78 is 0. The minimum Gasteiger partial charge on any atom is -0.481 e. The molecule has 0 spiro atoms. The van der Waals surface area contributed by atoms with Crippen LogP contribution in [0.1, 0.15) is 32.1 Å². The molecule has 0 bridgehead atoms. The third kappa shape index (κ3) is 3.76. The van der Waals surface area contributed by atoms with E-state index >= 15 is 0 Å². The Morgan fingerprint density at radius 1 is 1.31 bits per heavy atom. The van der Waals surface area contributed by atoms with Crippen LogP contribution in [0.2, 0.25) is 0 Å². The Morgan fingerprint density at radius 2 is 1.94 bits per heavy atom. The minimum absolute atomic E-state index is 0.495. The molecule has 16 heavy (non-hydrogen) atoms. The number of likely N-dealkylation sites (N-methyl/N-ethyl adjacent to an activating group) is 1. The number of nitrogens with one attached hydrogen (secondary N) is 1. The van der Waals surface area contributed by atoms with Crippen LogP contribution in [-0.4, -0.2) is 49.7 Å². The molecule has 0 saturated heterocycles. The summed E-state index contributed by atoms with van der Waals surface area (Å²) in [6, 6.07) is 0. The van der Waals surface area contributed by atoms with Gasteiger partial charge in [-0.15, -0.1) is 0 Å². The maximum atomic E-state index is 11.4. The van der Waals surface area contributed by atoms with E-state index in [2.05, 4.69) is 10.2 Å². The summed E-state index contributed by atoms with van der Waals surface area (Å²) in [4.78, 5) is 13.5. The molecule has 0 heterocycles. The number of rotatable bonds is 6. The molecule has 4 nitrogen and oxygen atoms in total. The van der Waals surface area contributed by atoms with Crippen LogP contribution in [0.15, 0.2) is 0 Å². The Morgan fingerprint density at radius 3 is 2.44 bits per heavy atom. The van der Waals surface area contributed by atoms with Crippen molar-refractivity contribution < 1.29 is 9.90 Å². The van der Waals surface area contributed by atoms with Crippen LogP contribution >= 0.6 is 0 Å². The largest absolute Gasteiger partial charge is 0.481 e. The summed E-state index contributed by atoms with van der Waals surface area (Å²) >= 11 is 0. The Balaban J connectivity index is 2.36. The van der Waals surface area contributed by atoms with Gasteiger partial charge in [0.15, 0.2) is 0 Å². The monoisotopic (exact) mass is 228 g/mol. The third-order valence-electron chi connectivity index (χ3n) is 3.46. The summed E-state index contributed by atoms with van der Waals surface area (Å²) in [5, 5.41) is 12.6. The van der Waals surface area contributed by atoms with Gasteiger partial charge in [-0.05, 0) is 26.9 Å². The van der Waals surface area contributed by atoms with Crippen LogP contribution in [0, 0.1) is 5.41 Å². The molecule has 2 N–H and O–H groups in total. The quantitative estimate of drug-likeness (QED) is 0.670. The van der Waals surface area contributed by atoms with E-state index in [9.17, 15) is 9.90 Å². The van der Waals surface area contributed by atoms with Crippen molar-refractivity contribution in [3.05, 3.63) is 0 Å². The van der Waals surface area contributed by atoms with E-state index in [1.807, 2.05) is 14.1 Å². The van der Waals surface area contributed by atoms with Crippen molar-refractivity contribution in [2.45, 2.75) is 32.1 Å². The van der Waals surface area contributed by atoms with Crippen LogP contribution in [0.5, 0.6) is 0 Å². The van der Waals surface area contributed by atoms with E-state index in [0.717, 1.165) is 38.8 Å². The first-order valence-electron chi connectivity index (χ1n) is 6.16.